The zero-order chi connectivity index (χ0) is 22.0. The molecule has 0 bridgehead atoms. The van der Waals surface area contributed by atoms with E-state index >= 15 is 0 Å². The lowest BCUT2D eigenvalue weighted by molar-refractivity contribution is -0.0167. The fourth-order valence-electron chi connectivity index (χ4n) is 4.17. The van der Waals surface area contributed by atoms with Crippen molar-refractivity contribution < 1.29 is 8.78 Å². The van der Waals surface area contributed by atoms with Gasteiger partial charge in [-0.15, -0.1) is 0 Å². The summed E-state index contributed by atoms with van der Waals surface area (Å²) in [6.45, 7) is 4.77. The first-order valence-corrected chi connectivity index (χ1v) is 10.8. The molecule has 31 heavy (non-hydrogen) atoms. The molecule has 0 saturated carbocycles. The van der Waals surface area contributed by atoms with E-state index < -0.39 is 5.92 Å². The molecule has 0 atom stereocenters. The first-order chi connectivity index (χ1) is 14.8. The number of alkyl halides is 2. The molecular formula is C25H30F2N4. The number of nitrogens with one attached hydrogen (secondary N) is 1. The summed E-state index contributed by atoms with van der Waals surface area (Å²) in [5.74, 6) is -1.96. The molecule has 0 spiro atoms. The normalized spacial score (nSPS) is 16.1. The number of aromatic nitrogens is 1. The highest BCUT2D eigenvalue weighted by molar-refractivity contribution is 5.93. The van der Waals surface area contributed by atoms with Crippen LogP contribution in [-0.4, -0.2) is 43.6 Å². The predicted molar refractivity (Wildman–Crippen MR) is 124 cm³/mol. The number of fused-ring (bicyclic) bond motifs is 2. The summed E-state index contributed by atoms with van der Waals surface area (Å²) in [7, 11) is 4.10. The van der Waals surface area contributed by atoms with Crippen molar-refractivity contribution in [1.82, 2.24) is 9.88 Å². The van der Waals surface area contributed by atoms with E-state index in [1.165, 1.54) is 5.56 Å². The van der Waals surface area contributed by atoms with E-state index in [0.29, 0.717) is 25.1 Å². The van der Waals surface area contributed by atoms with Gasteiger partial charge in [0.2, 0.25) is 0 Å². The van der Waals surface area contributed by atoms with E-state index in [4.69, 9.17) is 4.98 Å². The van der Waals surface area contributed by atoms with Gasteiger partial charge in [0.05, 0.1) is 5.52 Å². The molecule has 3 aromatic rings. The Kier molecular flexibility index (Phi) is 6.10. The number of benzene rings is 2. The van der Waals surface area contributed by atoms with Gasteiger partial charge in [-0.05, 0) is 45.1 Å². The van der Waals surface area contributed by atoms with Crippen molar-refractivity contribution in [1.29, 1.82) is 0 Å². The standard InChI is InChI=1S/C25H30F2N4/c1-18-9-10-22-20(15-18)23(28-12-14-30(2)3)16-24(29-22)31-13-6-11-25(26,27)21-8-5-4-7-19(21)17-31/h4-5,7-10,15-16H,6,11-14,17H2,1-3H3,(H,28,29). The highest BCUT2D eigenvalue weighted by Gasteiger charge is 2.35. The van der Waals surface area contributed by atoms with Crippen LogP contribution in [0.2, 0.25) is 0 Å². The average molecular weight is 425 g/mol. The van der Waals surface area contributed by atoms with Crippen molar-refractivity contribution in [2.24, 2.45) is 0 Å². The zero-order valence-electron chi connectivity index (χ0n) is 18.5. The Morgan fingerprint density at radius 1 is 1.13 bits per heavy atom. The molecule has 1 aromatic heterocycles. The number of nitrogens with zero attached hydrogens (tertiary/aromatic N) is 3. The molecule has 1 N–H and O–H groups in total. The lowest BCUT2D eigenvalue weighted by Gasteiger charge is -2.31. The third-order valence-corrected chi connectivity index (χ3v) is 5.84. The minimum absolute atomic E-state index is 0.139. The van der Waals surface area contributed by atoms with Gasteiger partial charge >= 0.3 is 0 Å². The van der Waals surface area contributed by atoms with Gasteiger partial charge in [0.25, 0.3) is 5.92 Å². The molecule has 2 heterocycles. The number of halogens is 2. The van der Waals surface area contributed by atoms with Crippen molar-refractivity contribution >= 4 is 22.4 Å². The van der Waals surface area contributed by atoms with E-state index in [-0.39, 0.29) is 12.0 Å². The van der Waals surface area contributed by atoms with Gasteiger partial charge in [-0.3, -0.25) is 0 Å². The first kappa shape index (κ1) is 21.5. The Morgan fingerprint density at radius 2 is 1.94 bits per heavy atom. The summed E-state index contributed by atoms with van der Waals surface area (Å²) >= 11 is 0. The van der Waals surface area contributed by atoms with Crippen molar-refractivity contribution in [2.75, 3.05) is 43.9 Å². The molecule has 1 aliphatic rings. The second kappa shape index (κ2) is 8.79. The summed E-state index contributed by atoms with van der Waals surface area (Å²) in [5, 5.41) is 4.64. The molecule has 164 valence electrons. The molecule has 0 aliphatic carbocycles. The Labute approximate surface area is 182 Å². The van der Waals surface area contributed by atoms with Crippen LogP contribution < -0.4 is 10.2 Å². The lowest BCUT2D eigenvalue weighted by atomic mass is 9.95. The van der Waals surface area contributed by atoms with Gasteiger partial charge in [-0.2, -0.15) is 0 Å². The maximum Gasteiger partial charge on any atom is 0.273 e. The highest BCUT2D eigenvalue weighted by Crippen LogP contribution is 2.38. The molecular weight excluding hydrogens is 394 g/mol. The van der Waals surface area contributed by atoms with Gasteiger partial charge in [0.15, 0.2) is 0 Å². The SMILES string of the molecule is Cc1ccc2nc(N3CCCC(F)(F)c4ccccc4C3)cc(NCCN(C)C)c2c1. The van der Waals surface area contributed by atoms with Crippen LogP contribution in [0.15, 0.2) is 48.5 Å². The van der Waals surface area contributed by atoms with Crippen molar-refractivity contribution in [3.05, 3.63) is 65.2 Å². The maximum atomic E-state index is 14.6. The molecule has 0 unspecified atom stereocenters. The monoisotopic (exact) mass is 424 g/mol. The average Bonchev–Trinajstić information content (AvgIpc) is 2.72. The molecule has 4 nitrogen and oxygen atoms in total. The van der Waals surface area contributed by atoms with E-state index in [1.54, 1.807) is 12.1 Å². The molecule has 0 radical (unpaired) electrons. The Balaban J connectivity index is 1.72. The van der Waals surface area contributed by atoms with Crippen LogP contribution in [0.3, 0.4) is 0 Å². The topological polar surface area (TPSA) is 31.4 Å². The van der Waals surface area contributed by atoms with E-state index in [1.807, 2.05) is 18.2 Å². The number of likely N-dealkylation sites (N-methyl/N-ethyl adjacent to an activating group) is 1. The molecule has 0 fully saturated rings. The summed E-state index contributed by atoms with van der Waals surface area (Å²) < 4.78 is 29.3. The van der Waals surface area contributed by atoms with E-state index in [9.17, 15) is 8.78 Å². The minimum Gasteiger partial charge on any atom is -0.383 e. The van der Waals surface area contributed by atoms with Crippen LogP contribution in [-0.2, 0) is 12.5 Å². The number of anilines is 2. The van der Waals surface area contributed by atoms with Gasteiger partial charge in [0, 0.05) is 55.3 Å². The van der Waals surface area contributed by atoms with Crippen LogP contribution in [0.4, 0.5) is 20.3 Å². The third kappa shape index (κ3) is 4.79. The fraction of sp³-hybridized carbons (Fsp3) is 0.400. The molecule has 0 saturated heterocycles. The summed E-state index contributed by atoms with van der Waals surface area (Å²) in [4.78, 5) is 9.18. The van der Waals surface area contributed by atoms with Crippen LogP contribution in [0.5, 0.6) is 0 Å². The maximum absolute atomic E-state index is 14.6. The van der Waals surface area contributed by atoms with Gasteiger partial charge < -0.3 is 15.1 Å². The Morgan fingerprint density at radius 3 is 2.74 bits per heavy atom. The van der Waals surface area contributed by atoms with Crippen LogP contribution in [0.25, 0.3) is 10.9 Å². The molecule has 6 heteroatoms. The summed E-state index contributed by atoms with van der Waals surface area (Å²) in [5.41, 5.74) is 3.93. The van der Waals surface area contributed by atoms with Crippen molar-refractivity contribution in [2.45, 2.75) is 32.2 Å². The van der Waals surface area contributed by atoms with Gasteiger partial charge in [-0.25, -0.2) is 13.8 Å². The second-order valence-corrected chi connectivity index (χ2v) is 8.67. The number of aryl methyl sites for hydroxylation is 1. The van der Waals surface area contributed by atoms with Crippen molar-refractivity contribution in [3.63, 3.8) is 0 Å². The van der Waals surface area contributed by atoms with Gasteiger partial charge in [-0.1, -0.05) is 35.9 Å². The third-order valence-electron chi connectivity index (χ3n) is 5.84. The van der Waals surface area contributed by atoms with Gasteiger partial charge in [0.1, 0.15) is 5.82 Å². The quantitative estimate of drug-likeness (QED) is 0.594. The fourth-order valence-corrected chi connectivity index (χ4v) is 4.17. The zero-order valence-corrected chi connectivity index (χ0v) is 18.5. The Hall–Kier alpha value is -2.73. The van der Waals surface area contributed by atoms with E-state index in [2.05, 4.69) is 54.3 Å². The largest absolute Gasteiger partial charge is 0.383 e. The molecule has 1 aliphatic heterocycles. The predicted octanol–water partition coefficient (Wildman–Crippen LogP) is 5.41. The number of pyridine rings is 1. The molecule has 2 aromatic carbocycles. The Bertz CT molecular complexity index is 1060. The smallest absolute Gasteiger partial charge is 0.273 e. The first-order valence-electron chi connectivity index (χ1n) is 10.8. The number of hydrogen-bond acceptors (Lipinski definition) is 4. The summed E-state index contributed by atoms with van der Waals surface area (Å²) in [6.07, 6.45) is 0.263. The van der Waals surface area contributed by atoms with Crippen LogP contribution in [0.1, 0.15) is 29.5 Å². The summed E-state index contributed by atoms with van der Waals surface area (Å²) in [6, 6.07) is 15.2. The molecule has 0 amide bonds. The van der Waals surface area contributed by atoms with Crippen LogP contribution >= 0.6 is 0 Å². The van der Waals surface area contributed by atoms with Crippen molar-refractivity contribution in [3.8, 4) is 0 Å². The molecule has 4 rings (SSSR count). The highest BCUT2D eigenvalue weighted by atomic mass is 19.3. The minimum atomic E-state index is -2.78. The second-order valence-electron chi connectivity index (χ2n) is 8.67. The van der Waals surface area contributed by atoms with E-state index in [0.717, 1.165) is 35.5 Å². The number of rotatable bonds is 5. The number of hydrogen-bond donors (Lipinski definition) is 1. The lowest BCUT2D eigenvalue weighted by Crippen LogP contribution is -2.31. The van der Waals surface area contributed by atoms with Crippen LogP contribution in [0, 0.1) is 6.92 Å².